The maximum atomic E-state index is 11.5. The third-order valence-electron chi connectivity index (χ3n) is 2.37. The molecule has 0 fully saturated rings. The van der Waals surface area contributed by atoms with E-state index >= 15 is 0 Å². The first kappa shape index (κ1) is 12.6. The zero-order valence-corrected chi connectivity index (χ0v) is 10.1. The number of likely N-dealkylation sites (N-methyl/N-ethyl adjacent to an activating group) is 1. The summed E-state index contributed by atoms with van der Waals surface area (Å²) in [5.41, 5.74) is 1.04. The number of nitrogens with zero attached hydrogens (tertiary/aromatic N) is 2. The maximum absolute atomic E-state index is 11.5. The average molecular weight is 221 g/mol. The number of hydrogen-bond donors (Lipinski definition) is 1. The molecule has 4 heteroatoms. The standard InChI is InChI=1S/C12H19N3O/c1-10(12(16)15(2)3)13-9-7-11-6-4-5-8-14-11/h4-6,8,10,13H,7,9H2,1-3H3. The van der Waals surface area contributed by atoms with Gasteiger partial charge in [0.1, 0.15) is 0 Å². The predicted molar refractivity (Wildman–Crippen MR) is 64.1 cm³/mol. The molecule has 0 spiro atoms. The monoisotopic (exact) mass is 221 g/mol. The molecule has 1 atom stereocenters. The Kier molecular flexibility index (Phi) is 4.92. The van der Waals surface area contributed by atoms with Crippen molar-refractivity contribution in [2.75, 3.05) is 20.6 Å². The van der Waals surface area contributed by atoms with E-state index in [1.54, 1.807) is 25.2 Å². The van der Waals surface area contributed by atoms with Crippen molar-refractivity contribution in [1.29, 1.82) is 0 Å². The second-order valence-corrected chi connectivity index (χ2v) is 3.98. The minimum atomic E-state index is -0.140. The number of hydrogen-bond acceptors (Lipinski definition) is 3. The van der Waals surface area contributed by atoms with Crippen LogP contribution in [0, 0.1) is 0 Å². The molecular weight excluding hydrogens is 202 g/mol. The van der Waals surface area contributed by atoms with E-state index in [-0.39, 0.29) is 11.9 Å². The van der Waals surface area contributed by atoms with Crippen LogP contribution >= 0.6 is 0 Å². The van der Waals surface area contributed by atoms with E-state index in [2.05, 4.69) is 10.3 Å². The zero-order chi connectivity index (χ0) is 12.0. The molecule has 0 saturated heterocycles. The summed E-state index contributed by atoms with van der Waals surface area (Å²) in [4.78, 5) is 17.3. The molecule has 0 aromatic carbocycles. The van der Waals surface area contributed by atoms with Gasteiger partial charge in [-0.3, -0.25) is 9.78 Å². The van der Waals surface area contributed by atoms with Crippen LogP contribution in [0.1, 0.15) is 12.6 Å². The predicted octanol–water partition coefficient (Wildman–Crippen LogP) is 0.690. The highest BCUT2D eigenvalue weighted by molar-refractivity contribution is 5.80. The molecule has 1 heterocycles. The molecule has 1 unspecified atom stereocenters. The van der Waals surface area contributed by atoms with E-state index in [0.29, 0.717) is 0 Å². The van der Waals surface area contributed by atoms with Crippen molar-refractivity contribution < 1.29 is 4.79 Å². The van der Waals surface area contributed by atoms with Crippen molar-refractivity contribution in [3.05, 3.63) is 30.1 Å². The van der Waals surface area contributed by atoms with Crippen LogP contribution in [0.5, 0.6) is 0 Å². The first-order chi connectivity index (χ1) is 7.61. The fourth-order valence-electron chi connectivity index (χ4n) is 1.44. The molecule has 16 heavy (non-hydrogen) atoms. The number of aromatic nitrogens is 1. The van der Waals surface area contributed by atoms with E-state index in [1.165, 1.54) is 0 Å². The van der Waals surface area contributed by atoms with Crippen LogP contribution in [-0.2, 0) is 11.2 Å². The van der Waals surface area contributed by atoms with Gasteiger partial charge < -0.3 is 10.2 Å². The molecule has 0 aliphatic rings. The second-order valence-electron chi connectivity index (χ2n) is 3.98. The quantitative estimate of drug-likeness (QED) is 0.795. The Bertz CT molecular complexity index is 324. The molecule has 0 aliphatic carbocycles. The van der Waals surface area contributed by atoms with Gasteiger partial charge >= 0.3 is 0 Å². The lowest BCUT2D eigenvalue weighted by molar-refractivity contribution is -0.130. The van der Waals surface area contributed by atoms with Crippen LogP contribution in [0.15, 0.2) is 24.4 Å². The van der Waals surface area contributed by atoms with Crippen LogP contribution in [0.25, 0.3) is 0 Å². The first-order valence-electron chi connectivity index (χ1n) is 5.45. The maximum Gasteiger partial charge on any atom is 0.238 e. The summed E-state index contributed by atoms with van der Waals surface area (Å²) < 4.78 is 0. The minimum Gasteiger partial charge on any atom is -0.347 e. The van der Waals surface area contributed by atoms with Gasteiger partial charge in [-0.2, -0.15) is 0 Å². The van der Waals surface area contributed by atoms with Crippen LogP contribution in [0.3, 0.4) is 0 Å². The molecule has 4 nitrogen and oxygen atoms in total. The van der Waals surface area contributed by atoms with Crippen molar-refractivity contribution in [3.8, 4) is 0 Å². The molecule has 1 N–H and O–H groups in total. The number of amides is 1. The molecule has 1 aromatic rings. The van der Waals surface area contributed by atoms with Crippen molar-refractivity contribution in [2.24, 2.45) is 0 Å². The number of pyridine rings is 1. The zero-order valence-electron chi connectivity index (χ0n) is 10.1. The average Bonchev–Trinajstić information content (AvgIpc) is 2.29. The van der Waals surface area contributed by atoms with Crippen LogP contribution < -0.4 is 5.32 Å². The Morgan fingerprint density at radius 1 is 1.50 bits per heavy atom. The van der Waals surface area contributed by atoms with Gasteiger partial charge in [0, 0.05) is 39.0 Å². The molecule has 0 saturated carbocycles. The van der Waals surface area contributed by atoms with Gasteiger partial charge in [0.2, 0.25) is 5.91 Å². The van der Waals surface area contributed by atoms with E-state index in [9.17, 15) is 4.79 Å². The van der Waals surface area contributed by atoms with E-state index in [0.717, 1.165) is 18.7 Å². The summed E-state index contributed by atoms with van der Waals surface area (Å²) >= 11 is 0. The summed E-state index contributed by atoms with van der Waals surface area (Å²) in [6.45, 7) is 2.64. The molecule has 0 radical (unpaired) electrons. The first-order valence-corrected chi connectivity index (χ1v) is 5.45. The van der Waals surface area contributed by atoms with Crippen molar-refractivity contribution in [3.63, 3.8) is 0 Å². The van der Waals surface area contributed by atoms with Gasteiger partial charge in [-0.1, -0.05) is 6.07 Å². The Morgan fingerprint density at radius 3 is 2.81 bits per heavy atom. The van der Waals surface area contributed by atoms with Gasteiger partial charge in [-0.15, -0.1) is 0 Å². The van der Waals surface area contributed by atoms with Gasteiger partial charge in [0.05, 0.1) is 6.04 Å². The van der Waals surface area contributed by atoms with E-state index in [4.69, 9.17) is 0 Å². The number of carbonyl (C=O) groups is 1. The number of rotatable bonds is 5. The Balaban J connectivity index is 2.28. The fraction of sp³-hybridized carbons (Fsp3) is 0.500. The lowest BCUT2D eigenvalue weighted by Gasteiger charge is -2.17. The molecular formula is C12H19N3O. The van der Waals surface area contributed by atoms with Crippen LogP contribution in [-0.4, -0.2) is 42.5 Å². The molecule has 88 valence electrons. The van der Waals surface area contributed by atoms with Gasteiger partial charge in [-0.25, -0.2) is 0 Å². The Hall–Kier alpha value is -1.42. The lowest BCUT2D eigenvalue weighted by atomic mass is 10.2. The highest BCUT2D eigenvalue weighted by Gasteiger charge is 2.13. The smallest absolute Gasteiger partial charge is 0.238 e. The molecule has 0 bridgehead atoms. The van der Waals surface area contributed by atoms with E-state index < -0.39 is 0 Å². The van der Waals surface area contributed by atoms with Crippen molar-refractivity contribution in [2.45, 2.75) is 19.4 Å². The SMILES string of the molecule is CC(NCCc1ccccn1)C(=O)N(C)C. The number of carbonyl (C=O) groups excluding carboxylic acids is 1. The van der Waals surface area contributed by atoms with Gasteiger partial charge in [0.25, 0.3) is 0 Å². The summed E-state index contributed by atoms with van der Waals surface area (Å²) in [6.07, 6.45) is 2.62. The largest absolute Gasteiger partial charge is 0.347 e. The lowest BCUT2D eigenvalue weighted by Crippen LogP contribution is -2.42. The normalized spacial score (nSPS) is 12.2. The Labute approximate surface area is 96.7 Å². The highest BCUT2D eigenvalue weighted by atomic mass is 16.2. The molecule has 1 aromatic heterocycles. The third kappa shape index (κ3) is 3.98. The third-order valence-corrected chi connectivity index (χ3v) is 2.37. The van der Waals surface area contributed by atoms with Crippen molar-refractivity contribution >= 4 is 5.91 Å². The van der Waals surface area contributed by atoms with Crippen LogP contribution in [0.2, 0.25) is 0 Å². The molecule has 0 aliphatic heterocycles. The summed E-state index contributed by atoms with van der Waals surface area (Å²) in [5, 5.41) is 3.18. The summed E-state index contributed by atoms with van der Waals surface area (Å²) in [7, 11) is 3.53. The van der Waals surface area contributed by atoms with Gasteiger partial charge in [-0.05, 0) is 19.1 Å². The van der Waals surface area contributed by atoms with E-state index in [1.807, 2.05) is 25.1 Å². The summed E-state index contributed by atoms with van der Waals surface area (Å²) in [6, 6.07) is 5.71. The molecule has 1 amide bonds. The minimum absolute atomic E-state index is 0.0982. The number of nitrogens with one attached hydrogen (secondary N) is 1. The van der Waals surface area contributed by atoms with Gasteiger partial charge in [0.15, 0.2) is 0 Å². The highest BCUT2D eigenvalue weighted by Crippen LogP contribution is 1.94. The summed E-state index contributed by atoms with van der Waals surface area (Å²) in [5.74, 6) is 0.0982. The topological polar surface area (TPSA) is 45.2 Å². The fourth-order valence-corrected chi connectivity index (χ4v) is 1.44. The van der Waals surface area contributed by atoms with Crippen LogP contribution in [0.4, 0.5) is 0 Å². The Morgan fingerprint density at radius 2 is 2.25 bits per heavy atom. The second kappa shape index (κ2) is 6.23. The van der Waals surface area contributed by atoms with Crippen molar-refractivity contribution in [1.82, 2.24) is 15.2 Å². The molecule has 1 rings (SSSR count).